The standard InChI is InChI=1S/C17H25N3O2.2ClH/c18-17(6-12-22-13-7-17)16(21)20-10-8-19(9-11-20)14-15-4-2-1-3-5-15;;/h1-5H,6-14,18H2;2*1H. The van der Waals surface area contributed by atoms with E-state index in [1.165, 1.54) is 5.56 Å². The Balaban J connectivity index is 0.00000144. The Morgan fingerprint density at radius 2 is 1.62 bits per heavy atom. The van der Waals surface area contributed by atoms with Crippen LogP contribution in [0.3, 0.4) is 0 Å². The predicted molar refractivity (Wildman–Crippen MR) is 99.8 cm³/mol. The Hall–Kier alpha value is -0.850. The molecule has 2 N–H and O–H groups in total. The van der Waals surface area contributed by atoms with Gasteiger partial charge in [-0.1, -0.05) is 30.3 Å². The van der Waals surface area contributed by atoms with Crippen molar-refractivity contribution in [1.29, 1.82) is 0 Å². The van der Waals surface area contributed by atoms with Gasteiger partial charge < -0.3 is 15.4 Å². The Kier molecular flexibility index (Phi) is 8.46. The zero-order chi connectivity index (χ0) is 15.4. The smallest absolute Gasteiger partial charge is 0.242 e. The van der Waals surface area contributed by atoms with Gasteiger partial charge in [-0.3, -0.25) is 9.69 Å². The minimum atomic E-state index is -0.708. The van der Waals surface area contributed by atoms with Crippen molar-refractivity contribution in [3.63, 3.8) is 0 Å². The van der Waals surface area contributed by atoms with Crippen molar-refractivity contribution < 1.29 is 9.53 Å². The van der Waals surface area contributed by atoms with E-state index in [9.17, 15) is 4.79 Å². The van der Waals surface area contributed by atoms with Gasteiger partial charge in [0, 0.05) is 45.9 Å². The Morgan fingerprint density at radius 1 is 1.04 bits per heavy atom. The summed E-state index contributed by atoms with van der Waals surface area (Å²) in [4.78, 5) is 17.0. The first-order chi connectivity index (χ1) is 10.7. The van der Waals surface area contributed by atoms with E-state index in [2.05, 4.69) is 29.2 Å². The second-order valence-corrected chi connectivity index (χ2v) is 6.32. The van der Waals surface area contributed by atoms with Crippen LogP contribution in [0.4, 0.5) is 0 Å². The number of carbonyl (C=O) groups excluding carboxylic acids is 1. The summed E-state index contributed by atoms with van der Waals surface area (Å²) < 4.78 is 5.33. The highest BCUT2D eigenvalue weighted by molar-refractivity contribution is 5.86. The number of piperazine rings is 1. The topological polar surface area (TPSA) is 58.8 Å². The molecule has 1 aromatic carbocycles. The average Bonchev–Trinajstić information content (AvgIpc) is 2.56. The number of benzene rings is 1. The van der Waals surface area contributed by atoms with Crippen molar-refractivity contribution in [1.82, 2.24) is 9.80 Å². The quantitative estimate of drug-likeness (QED) is 0.872. The second kappa shape index (κ2) is 9.59. The third-order valence-electron chi connectivity index (χ3n) is 4.72. The first-order valence-corrected chi connectivity index (χ1v) is 8.10. The normalized spacial score (nSPS) is 20.6. The van der Waals surface area contributed by atoms with Crippen molar-refractivity contribution in [2.75, 3.05) is 39.4 Å². The lowest BCUT2D eigenvalue weighted by Crippen LogP contribution is -2.61. The third-order valence-corrected chi connectivity index (χ3v) is 4.72. The van der Waals surface area contributed by atoms with E-state index in [1.54, 1.807) is 0 Å². The maximum atomic E-state index is 12.7. The molecule has 0 aromatic heterocycles. The first kappa shape index (κ1) is 21.2. The maximum absolute atomic E-state index is 12.7. The van der Waals surface area contributed by atoms with Crippen LogP contribution < -0.4 is 5.73 Å². The zero-order valence-electron chi connectivity index (χ0n) is 13.9. The van der Waals surface area contributed by atoms with Crippen LogP contribution in [-0.4, -0.2) is 60.6 Å². The number of halogens is 2. The number of hydrogen-bond acceptors (Lipinski definition) is 4. The van der Waals surface area contributed by atoms with E-state index >= 15 is 0 Å². The van der Waals surface area contributed by atoms with Crippen LogP contribution >= 0.6 is 24.8 Å². The molecule has 1 aromatic rings. The molecule has 1 amide bonds. The van der Waals surface area contributed by atoms with Gasteiger partial charge in [0.25, 0.3) is 0 Å². The number of rotatable bonds is 3. The molecule has 0 radical (unpaired) electrons. The molecule has 2 aliphatic heterocycles. The molecule has 7 heteroatoms. The lowest BCUT2D eigenvalue weighted by atomic mass is 9.89. The molecule has 2 heterocycles. The molecule has 0 spiro atoms. The number of hydrogen-bond donors (Lipinski definition) is 1. The van der Waals surface area contributed by atoms with E-state index in [-0.39, 0.29) is 30.7 Å². The van der Waals surface area contributed by atoms with Gasteiger partial charge in [0.1, 0.15) is 0 Å². The van der Waals surface area contributed by atoms with Gasteiger partial charge in [-0.25, -0.2) is 0 Å². The molecule has 5 nitrogen and oxygen atoms in total. The van der Waals surface area contributed by atoms with Crippen molar-refractivity contribution in [3.8, 4) is 0 Å². The van der Waals surface area contributed by atoms with Gasteiger partial charge in [-0.05, 0) is 18.4 Å². The van der Waals surface area contributed by atoms with Crippen molar-refractivity contribution >= 4 is 30.7 Å². The fourth-order valence-electron chi connectivity index (χ4n) is 3.22. The van der Waals surface area contributed by atoms with Crippen LogP contribution in [0.2, 0.25) is 0 Å². The number of nitrogens with zero attached hydrogens (tertiary/aromatic N) is 2. The zero-order valence-corrected chi connectivity index (χ0v) is 15.5. The number of amides is 1. The summed E-state index contributed by atoms with van der Waals surface area (Å²) >= 11 is 0. The molecule has 2 fully saturated rings. The van der Waals surface area contributed by atoms with Gasteiger partial charge in [0.15, 0.2) is 0 Å². The molecule has 2 saturated heterocycles. The molecule has 2 aliphatic rings. The summed E-state index contributed by atoms with van der Waals surface area (Å²) in [6.07, 6.45) is 1.27. The van der Waals surface area contributed by atoms with Crippen LogP contribution in [0, 0.1) is 0 Å². The maximum Gasteiger partial charge on any atom is 0.242 e. The van der Waals surface area contributed by atoms with Crippen LogP contribution in [-0.2, 0) is 16.1 Å². The molecule has 24 heavy (non-hydrogen) atoms. The van der Waals surface area contributed by atoms with Crippen molar-refractivity contribution in [2.45, 2.75) is 24.9 Å². The summed E-state index contributed by atoms with van der Waals surface area (Å²) in [6.45, 7) is 5.49. The van der Waals surface area contributed by atoms with Gasteiger partial charge in [-0.15, -0.1) is 24.8 Å². The summed E-state index contributed by atoms with van der Waals surface area (Å²) in [7, 11) is 0. The van der Waals surface area contributed by atoms with E-state index in [1.807, 2.05) is 11.0 Å². The molecule has 0 atom stereocenters. The highest BCUT2D eigenvalue weighted by Crippen LogP contribution is 2.21. The summed E-state index contributed by atoms with van der Waals surface area (Å²) in [6, 6.07) is 10.5. The van der Waals surface area contributed by atoms with Gasteiger partial charge in [0.05, 0.1) is 5.54 Å². The van der Waals surface area contributed by atoms with E-state index in [4.69, 9.17) is 10.5 Å². The lowest BCUT2D eigenvalue weighted by molar-refractivity contribution is -0.142. The fourth-order valence-corrected chi connectivity index (χ4v) is 3.22. The number of ether oxygens (including phenoxy) is 1. The summed E-state index contributed by atoms with van der Waals surface area (Å²) in [5.41, 5.74) is 6.92. The van der Waals surface area contributed by atoms with E-state index in [0.29, 0.717) is 26.1 Å². The predicted octanol–water partition coefficient (Wildman–Crippen LogP) is 1.68. The van der Waals surface area contributed by atoms with Gasteiger partial charge in [0.2, 0.25) is 5.91 Å². The minimum absolute atomic E-state index is 0. The molecule has 0 bridgehead atoms. The highest BCUT2D eigenvalue weighted by Gasteiger charge is 2.39. The monoisotopic (exact) mass is 375 g/mol. The average molecular weight is 376 g/mol. The van der Waals surface area contributed by atoms with Gasteiger partial charge >= 0.3 is 0 Å². The molecule has 136 valence electrons. The summed E-state index contributed by atoms with van der Waals surface area (Å²) in [5.74, 6) is 0.107. The number of carbonyl (C=O) groups is 1. The fraction of sp³-hybridized carbons (Fsp3) is 0.588. The molecule has 0 unspecified atom stereocenters. The van der Waals surface area contributed by atoms with Crippen LogP contribution in [0.15, 0.2) is 30.3 Å². The molecular formula is C17H27Cl2N3O2. The molecule has 0 aliphatic carbocycles. The second-order valence-electron chi connectivity index (χ2n) is 6.32. The Bertz CT molecular complexity index is 502. The minimum Gasteiger partial charge on any atom is -0.381 e. The SMILES string of the molecule is Cl.Cl.NC1(C(=O)N2CCN(Cc3ccccc3)CC2)CCOCC1. The Labute approximate surface area is 156 Å². The van der Waals surface area contributed by atoms with Crippen molar-refractivity contribution in [2.24, 2.45) is 5.73 Å². The van der Waals surface area contributed by atoms with E-state index < -0.39 is 5.54 Å². The lowest BCUT2D eigenvalue weighted by Gasteiger charge is -2.41. The first-order valence-electron chi connectivity index (χ1n) is 8.10. The van der Waals surface area contributed by atoms with Crippen molar-refractivity contribution in [3.05, 3.63) is 35.9 Å². The van der Waals surface area contributed by atoms with Gasteiger partial charge in [-0.2, -0.15) is 0 Å². The molecular weight excluding hydrogens is 349 g/mol. The molecule has 3 rings (SSSR count). The number of nitrogens with two attached hydrogens (primary N) is 1. The Morgan fingerprint density at radius 3 is 2.21 bits per heavy atom. The van der Waals surface area contributed by atoms with E-state index in [0.717, 1.165) is 32.7 Å². The third kappa shape index (κ3) is 5.07. The van der Waals surface area contributed by atoms with Crippen LogP contribution in [0.5, 0.6) is 0 Å². The molecule has 0 saturated carbocycles. The largest absolute Gasteiger partial charge is 0.381 e. The van der Waals surface area contributed by atoms with Crippen LogP contribution in [0.1, 0.15) is 18.4 Å². The van der Waals surface area contributed by atoms with Crippen LogP contribution in [0.25, 0.3) is 0 Å². The highest BCUT2D eigenvalue weighted by atomic mass is 35.5. The summed E-state index contributed by atoms with van der Waals surface area (Å²) in [5, 5.41) is 0.